The molecule has 1 unspecified atom stereocenters. The summed E-state index contributed by atoms with van der Waals surface area (Å²) >= 11 is 0. The van der Waals surface area contributed by atoms with Gasteiger partial charge in [0.1, 0.15) is 0 Å². The molecule has 1 N–H and O–H groups in total. The summed E-state index contributed by atoms with van der Waals surface area (Å²) in [4.78, 5) is 31.7. The lowest BCUT2D eigenvalue weighted by Gasteiger charge is -2.35. The molecule has 2 fully saturated rings. The number of rotatable bonds is 5. The van der Waals surface area contributed by atoms with Gasteiger partial charge < -0.3 is 19.9 Å². The maximum Gasteiger partial charge on any atom is 0.317 e. The Balaban J connectivity index is 1.33. The monoisotopic (exact) mass is 436 g/mol. The minimum atomic E-state index is -0.0686. The van der Waals surface area contributed by atoms with Crippen LogP contribution in [0.2, 0.25) is 0 Å². The maximum absolute atomic E-state index is 13.3. The van der Waals surface area contributed by atoms with E-state index in [1.165, 1.54) is 0 Å². The molecule has 4 rings (SSSR count). The van der Waals surface area contributed by atoms with E-state index in [1.54, 1.807) is 6.08 Å². The van der Waals surface area contributed by atoms with Crippen molar-refractivity contribution < 1.29 is 14.3 Å². The second-order valence-electron chi connectivity index (χ2n) is 8.39. The predicted octanol–water partition coefficient (Wildman–Crippen LogP) is 2.58. The number of fused-ring (bicyclic) bond motifs is 1. The number of nitrogens with zero attached hydrogens (tertiary/aromatic N) is 3. The summed E-state index contributed by atoms with van der Waals surface area (Å²) in [6.45, 7) is 9.77. The van der Waals surface area contributed by atoms with Crippen molar-refractivity contribution in [3.63, 3.8) is 0 Å². The number of carbonyl (C=O) groups excluding carboxylic acids is 2. The highest BCUT2D eigenvalue weighted by Crippen LogP contribution is 2.21. The Labute approximate surface area is 189 Å². The van der Waals surface area contributed by atoms with Gasteiger partial charge in [-0.15, -0.1) is 6.58 Å². The van der Waals surface area contributed by atoms with Crippen LogP contribution in [-0.2, 0) is 4.74 Å². The van der Waals surface area contributed by atoms with Crippen molar-refractivity contribution in [2.75, 3.05) is 59.0 Å². The number of amides is 3. The quantitative estimate of drug-likeness (QED) is 0.732. The van der Waals surface area contributed by atoms with Gasteiger partial charge in [-0.2, -0.15) is 0 Å². The first-order valence-electron chi connectivity index (χ1n) is 11.4. The molecule has 2 aliphatic rings. The summed E-state index contributed by atoms with van der Waals surface area (Å²) in [6, 6.07) is 13.9. The van der Waals surface area contributed by atoms with Crippen LogP contribution in [0.3, 0.4) is 0 Å². The number of morpholine rings is 1. The molecule has 3 amide bonds. The molecule has 2 aromatic carbocycles. The van der Waals surface area contributed by atoms with Crippen molar-refractivity contribution in [1.82, 2.24) is 20.0 Å². The topological polar surface area (TPSA) is 65.1 Å². The highest BCUT2D eigenvalue weighted by Gasteiger charge is 2.27. The highest BCUT2D eigenvalue weighted by atomic mass is 16.5. The van der Waals surface area contributed by atoms with Crippen molar-refractivity contribution in [2.24, 2.45) is 0 Å². The first-order valence-corrected chi connectivity index (χ1v) is 11.4. The number of nitrogens with one attached hydrogen (secondary N) is 1. The van der Waals surface area contributed by atoms with E-state index in [0.717, 1.165) is 48.9 Å². The van der Waals surface area contributed by atoms with Gasteiger partial charge in [-0.3, -0.25) is 9.69 Å². The van der Waals surface area contributed by atoms with Crippen molar-refractivity contribution in [1.29, 1.82) is 0 Å². The normalized spacial score (nSPS) is 20.1. The molecule has 32 heavy (non-hydrogen) atoms. The van der Waals surface area contributed by atoms with E-state index in [2.05, 4.69) is 16.8 Å². The molecule has 0 bridgehead atoms. The van der Waals surface area contributed by atoms with Crippen LogP contribution in [0.5, 0.6) is 0 Å². The van der Waals surface area contributed by atoms with Gasteiger partial charge in [0.2, 0.25) is 0 Å². The highest BCUT2D eigenvalue weighted by molar-refractivity contribution is 6.07. The van der Waals surface area contributed by atoms with Gasteiger partial charge in [0.15, 0.2) is 0 Å². The molecule has 0 spiro atoms. The van der Waals surface area contributed by atoms with Crippen LogP contribution < -0.4 is 5.32 Å². The SMILES string of the molecule is C=CCNC(=O)N1CCOC(CN2CCCN(C(=O)c3cccc4ccccc34)CC2)C1. The Kier molecular flexibility index (Phi) is 7.39. The fraction of sp³-hybridized carbons (Fsp3) is 0.440. The lowest BCUT2D eigenvalue weighted by Crippen LogP contribution is -2.52. The molecule has 7 nitrogen and oxygen atoms in total. The van der Waals surface area contributed by atoms with Crippen molar-refractivity contribution in [3.05, 3.63) is 60.7 Å². The lowest BCUT2D eigenvalue weighted by atomic mass is 10.0. The Morgan fingerprint density at radius 1 is 1.03 bits per heavy atom. The van der Waals surface area contributed by atoms with E-state index in [9.17, 15) is 9.59 Å². The van der Waals surface area contributed by atoms with Crippen LogP contribution in [-0.4, -0.2) is 91.7 Å². The van der Waals surface area contributed by atoms with Crippen LogP contribution in [0.15, 0.2) is 55.1 Å². The van der Waals surface area contributed by atoms with Gasteiger partial charge in [-0.05, 0) is 29.8 Å². The van der Waals surface area contributed by atoms with E-state index in [1.807, 2.05) is 52.3 Å². The summed E-state index contributed by atoms with van der Waals surface area (Å²) in [5.74, 6) is 0.0997. The summed E-state index contributed by atoms with van der Waals surface area (Å²) in [7, 11) is 0. The third-order valence-electron chi connectivity index (χ3n) is 6.18. The van der Waals surface area contributed by atoms with Gasteiger partial charge in [0, 0.05) is 51.4 Å². The summed E-state index contributed by atoms with van der Waals surface area (Å²) in [6.07, 6.45) is 2.59. The number of benzene rings is 2. The predicted molar refractivity (Wildman–Crippen MR) is 126 cm³/mol. The second kappa shape index (κ2) is 10.6. The van der Waals surface area contributed by atoms with Gasteiger partial charge in [-0.25, -0.2) is 4.79 Å². The largest absolute Gasteiger partial charge is 0.373 e. The molecular formula is C25H32N4O3. The van der Waals surface area contributed by atoms with Gasteiger partial charge in [0.25, 0.3) is 5.91 Å². The Morgan fingerprint density at radius 2 is 1.88 bits per heavy atom. The Bertz CT molecular complexity index is 958. The minimum absolute atomic E-state index is 0.0152. The zero-order chi connectivity index (χ0) is 22.3. The molecule has 170 valence electrons. The average Bonchev–Trinajstić information content (AvgIpc) is 3.07. The average molecular weight is 437 g/mol. The molecule has 1 atom stereocenters. The molecule has 2 aliphatic heterocycles. The molecule has 2 heterocycles. The van der Waals surface area contributed by atoms with Crippen molar-refractivity contribution >= 4 is 22.7 Å². The second-order valence-corrected chi connectivity index (χ2v) is 8.39. The van der Waals surface area contributed by atoms with Gasteiger partial charge in [0.05, 0.1) is 12.7 Å². The third-order valence-corrected chi connectivity index (χ3v) is 6.18. The van der Waals surface area contributed by atoms with Crippen molar-refractivity contribution in [2.45, 2.75) is 12.5 Å². The maximum atomic E-state index is 13.3. The number of hydrogen-bond acceptors (Lipinski definition) is 4. The van der Waals surface area contributed by atoms with Gasteiger partial charge >= 0.3 is 6.03 Å². The van der Waals surface area contributed by atoms with Crippen LogP contribution in [0.1, 0.15) is 16.8 Å². The van der Waals surface area contributed by atoms with Crippen LogP contribution in [0.25, 0.3) is 10.8 Å². The summed E-state index contributed by atoms with van der Waals surface area (Å²) < 4.78 is 5.93. The minimum Gasteiger partial charge on any atom is -0.373 e. The molecule has 0 aromatic heterocycles. The summed E-state index contributed by atoms with van der Waals surface area (Å²) in [5, 5.41) is 4.93. The summed E-state index contributed by atoms with van der Waals surface area (Å²) in [5.41, 5.74) is 0.772. The number of urea groups is 1. The molecule has 0 aliphatic carbocycles. The standard InChI is InChI=1S/C25H32N4O3/c1-2-11-26-25(31)29-16-17-32-21(19-29)18-27-12-6-13-28(15-14-27)24(30)23-10-5-8-20-7-3-4-9-22(20)23/h2-5,7-10,21H,1,6,11-19H2,(H,26,31). The fourth-order valence-electron chi connectivity index (χ4n) is 4.51. The molecule has 7 heteroatoms. The number of ether oxygens (including phenoxy) is 1. The van der Waals surface area contributed by atoms with E-state index in [0.29, 0.717) is 32.8 Å². The first-order chi connectivity index (χ1) is 15.7. The van der Waals surface area contributed by atoms with Gasteiger partial charge in [-0.1, -0.05) is 42.5 Å². The Morgan fingerprint density at radius 3 is 2.75 bits per heavy atom. The molecule has 2 saturated heterocycles. The number of hydrogen-bond donors (Lipinski definition) is 1. The molecule has 2 aromatic rings. The van der Waals surface area contributed by atoms with Crippen LogP contribution in [0.4, 0.5) is 4.79 Å². The lowest BCUT2D eigenvalue weighted by molar-refractivity contribution is -0.0298. The van der Waals surface area contributed by atoms with E-state index in [4.69, 9.17) is 4.74 Å². The van der Waals surface area contributed by atoms with Crippen LogP contribution >= 0.6 is 0 Å². The Hall–Kier alpha value is -2.90. The fourth-order valence-corrected chi connectivity index (χ4v) is 4.51. The molecular weight excluding hydrogens is 404 g/mol. The van der Waals surface area contributed by atoms with E-state index >= 15 is 0 Å². The number of carbonyl (C=O) groups is 2. The van der Waals surface area contributed by atoms with E-state index in [-0.39, 0.29) is 18.0 Å². The van der Waals surface area contributed by atoms with Crippen LogP contribution in [0, 0.1) is 0 Å². The zero-order valence-corrected chi connectivity index (χ0v) is 18.5. The zero-order valence-electron chi connectivity index (χ0n) is 18.5. The smallest absolute Gasteiger partial charge is 0.317 e. The third kappa shape index (κ3) is 5.29. The van der Waals surface area contributed by atoms with E-state index < -0.39 is 0 Å². The molecule has 0 saturated carbocycles. The first kappa shape index (κ1) is 22.3. The molecule has 0 radical (unpaired) electrons. The van der Waals surface area contributed by atoms with Crippen molar-refractivity contribution in [3.8, 4) is 0 Å².